The van der Waals surface area contributed by atoms with Crippen LogP contribution in [0.4, 0.5) is 0 Å². The maximum Gasteiger partial charge on any atom is 0.344 e. The number of nitrogens with zero attached hydrogens (tertiary/aromatic N) is 2. The molecule has 11 atom stereocenters. The number of H-pyrrole nitrogens is 1. The molecule has 4 heterocycles. The molecule has 2 aromatic carbocycles. The second-order valence-corrected chi connectivity index (χ2v) is 29.4. The van der Waals surface area contributed by atoms with Crippen molar-refractivity contribution < 1.29 is 91.6 Å². The minimum atomic E-state index is -1.87. The number of carbonyl (C=O) groups is 14. The first-order chi connectivity index (χ1) is 52.2. The monoisotopic (exact) mass is 1580 g/mol. The van der Waals surface area contributed by atoms with E-state index in [0.29, 0.717) is 52.6 Å². The van der Waals surface area contributed by atoms with Crippen LogP contribution in [0.15, 0.2) is 53.8 Å². The average molecular weight is 1580 g/mol. The predicted molar refractivity (Wildman–Crippen MR) is 405 cm³/mol. The Kier molecular flexibility index (Phi) is 37.0. The highest BCUT2D eigenvalue weighted by Crippen LogP contribution is 2.28. The van der Waals surface area contributed by atoms with Crippen molar-refractivity contribution in [2.24, 2.45) is 28.3 Å². The van der Waals surface area contributed by atoms with Crippen LogP contribution >= 0.6 is 35.3 Å². The molecule has 109 heavy (non-hydrogen) atoms. The van der Waals surface area contributed by atoms with Crippen molar-refractivity contribution in [3.05, 3.63) is 65.4 Å². The molecule has 6 rings (SSSR count). The van der Waals surface area contributed by atoms with E-state index in [4.69, 9.17) is 37.1 Å². The number of rotatable bonds is 21. The molecule has 3 aliphatic heterocycles. The quantitative estimate of drug-likeness (QED) is 0.0208. The molecule has 0 aliphatic carbocycles. The summed E-state index contributed by atoms with van der Waals surface area (Å²) in [5, 5.41) is 48.2. The van der Waals surface area contributed by atoms with Crippen LogP contribution in [0.3, 0.4) is 0 Å². The Hall–Kier alpha value is -9.89. The fraction of sp³-hybridized carbons (Fsp3) is 0.571. The number of carbonyl (C=O) groups excluding carboxylic acids is 13. The smallest absolute Gasteiger partial charge is 0.344 e. The van der Waals surface area contributed by atoms with Gasteiger partial charge < -0.3 is 94.9 Å². The normalized spacial score (nSPS) is 24.2. The number of nitrogens with one attached hydrogen (secondary N) is 12. The lowest BCUT2D eigenvalue weighted by molar-refractivity contribution is -0.255. The number of benzene rings is 2. The molecule has 1 aromatic heterocycles. The first kappa shape index (κ1) is 88.0. The number of nitrogens with two attached hydrogens (primary N) is 3. The average Bonchev–Trinajstić information content (AvgIpc) is 1.72. The summed E-state index contributed by atoms with van der Waals surface area (Å²) in [6, 6.07) is -2.98. The topological polar surface area (TPSA) is 550 Å². The van der Waals surface area contributed by atoms with Crippen molar-refractivity contribution in [2.75, 3.05) is 56.9 Å². The Labute approximate surface area is 642 Å². The molecule has 39 heteroatoms. The molecule has 598 valence electrons. The Morgan fingerprint density at radius 2 is 1.32 bits per heavy atom. The van der Waals surface area contributed by atoms with Crippen molar-refractivity contribution in [1.29, 1.82) is 5.41 Å². The van der Waals surface area contributed by atoms with Crippen LogP contribution in [-0.2, 0) is 99.7 Å². The third kappa shape index (κ3) is 29.6. The summed E-state index contributed by atoms with van der Waals surface area (Å²) >= 11 is 3.69. The second-order valence-electron chi connectivity index (χ2n) is 26.4. The second kappa shape index (κ2) is 45.8. The summed E-state index contributed by atoms with van der Waals surface area (Å²) in [6.07, 6.45) is 4.00. The van der Waals surface area contributed by atoms with E-state index >= 15 is 9.59 Å². The number of guanidine groups is 1. The number of aliphatic carboxylic acids is 1. The molecule has 0 saturated carbocycles. The van der Waals surface area contributed by atoms with Gasteiger partial charge in [-0.3, -0.25) is 72.6 Å². The zero-order valence-corrected chi connectivity index (χ0v) is 63.8. The molecule has 0 unspecified atom stereocenters. The van der Waals surface area contributed by atoms with Gasteiger partial charge in [0.25, 0.3) is 5.91 Å². The van der Waals surface area contributed by atoms with E-state index in [1.165, 1.54) is 28.4 Å². The fourth-order valence-corrected chi connectivity index (χ4v) is 14.5. The van der Waals surface area contributed by atoms with Crippen LogP contribution in [0.5, 0.6) is 5.75 Å². The van der Waals surface area contributed by atoms with Gasteiger partial charge in [-0.05, 0) is 123 Å². The standard InChI is InChI=1S/C70H101N17O19S3/c1-5-39(2)59-68(101)83-50(31-42-33-76-45-15-9-8-14-44(42)45)65(98)80-47(18-20-55(71)88)62(95)79-48(19-21-57(90)91)63(96)84-52(60(72)93)37-108-35-40-28-41-30-43(29-40)104-25-10-6-7-11-26-105-77-34-56(89)78-46(16-12-23-75-70(73)74)61(94)85-53(38-109-36-41)69(102)87-24-13-17-54(87)67(100)81-49(22-27-107-4)64(97)82-51(66(99)86-59)32-58(92)106-103-3/h8-9,14-15,28-30,33-34,39,46-54,59,76H,5-7,10-13,16-27,31-32,35-38H2,1-4H3,(H2,71,88)(H2,72,93)(H,78,89)(H,79,95)(H,80,98)(H,81,100)(H,82,97)(H,83,101)(H,84,96)(H,85,94)(H,86,99)(H,90,91)(H4,73,74,75)/b77-34+/t39-,46-,47-,48-,49-,50-,51-,52-,53-,54-,59-/m0/s1. The van der Waals surface area contributed by atoms with E-state index in [9.17, 15) is 62.6 Å². The molecule has 3 aromatic rings. The Morgan fingerprint density at radius 1 is 0.716 bits per heavy atom. The number of amides is 12. The number of hydrogen-bond donors (Lipinski definition) is 16. The lowest BCUT2D eigenvalue weighted by Gasteiger charge is -2.31. The van der Waals surface area contributed by atoms with Crippen LogP contribution in [0.25, 0.3) is 10.9 Å². The van der Waals surface area contributed by atoms with Gasteiger partial charge in [0.05, 0.1) is 20.1 Å². The molecular weight excluding hydrogens is 1480 g/mol. The lowest BCUT2D eigenvalue weighted by Crippen LogP contribution is -2.62. The number of fused-ring (bicyclic) bond motifs is 7. The molecular formula is C70H101N17O19S3. The first-order valence-electron chi connectivity index (χ1n) is 35.9. The maximum absolute atomic E-state index is 15.3. The van der Waals surface area contributed by atoms with Crippen LogP contribution < -0.4 is 75.1 Å². The molecule has 3 aliphatic rings. The highest BCUT2D eigenvalue weighted by Gasteiger charge is 2.42. The summed E-state index contributed by atoms with van der Waals surface area (Å²) in [6.45, 7) is 3.85. The van der Waals surface area contributed by atoms with E-state index in [1.54, 1.807) is 62.7 Å². The number of thioether (sulfide) groups is 3. The van der Waals surface area contributed by atoms with Gasteiger partial charge in [-0.25, -0.2) is 4.79 Å². The van der Waals surface area contributed by atoms with Crippen molar-refractivity contribution >= 4 is 141 Å². The zero-order valence-electron chi connectivity index (χ0n) is 61.4. The minimum Gasteiger partial charge on any atom is -0.494 e. The summed E-state index contributed by atoms with van der Waals surface area (Å²) in [5.41, 5.74) is 19.5. The van der Waals surface area contributed by atoms with Gasteiger partial charge >= 0.3 is 11.9 Å². The van der Waals surface area contributed by atoms with Crippen LogP contribution in [0, 0.1) is 11.3 Å². The number of primary amides is 2. The summed E-state index contributed by atoms with van der Waals surface area (Å²) in [5.74, 6) is -14.2. The van der Waals surface area contributed by atoms with E-state index in [0.717, 1.165) is 31.5 Å². The van der Waals surface area contributed by atoms with Crippen LogP contribution in [0.2, 0.25) is 0 Å². The number of oxime groups is 1. The Morgan fingerprint density at radius 3 is 1.98 bits per heavy atom. The molecule has 19 N–H and O–H groups in total. The van der Waals surface area contributed by atoms with Crippen molar-refractivity contribution in [3.63, 3.8) is 0 Å². The molecule has 0 spiro atoms. The highest BCUT2D eigenvalue weighted by molar-refractivity contribution is 7.99. The highest BCUT2D eigenvalue weighted by atomic mass is 32.2. The number of carboxylic acid groups (broad SMARTS) is 1. The van der Waals surface area contributed by atoms with Crippen LogP contribution in [-0.4, -0.2) is 227 Å². The van der Waals surface area contributed by atoms with Crippen molar-refractivity contribution in [1.82, 2.24) is 63.1 Å². The van der Waals surface area contributed by atoms with Crippen molar-refractivity contribution in [3.8, 4) is 5.75 Å². The Balaban J connectivity index is 1.46. The van der Waals surface area contributed by atoms with E-state index in [2.05, 4.69) is 68.2 Å². The fourth-order valence-electron chi connectivity index (χ4n) is 12.1. The molecule has 1 fully saturated rings. The number of carboxylic acids is 1. The summed E-state index contributed by atoms with van der Waals surface area (Å²) < 4.78 is 6.29. The molecule has 0 radical (unpaired) electrons. The largest absolute Gasteiger partial charge is 0.494 e. The van der Waals surface area contributed by atoms with Gasteiger partial charge in [-0.15, -0.1) is 0 Å². The van der Waals surface area contributed by atoms with Gasteiger partial charge in [0.1, 0.15) is 79.0 Å². The van der Waals surface area contributed by atoms with E-state index in [1.807, 2.05) is 6.07 Å². The zero-order chi connectivity index (χ0) is 79.5. The number of aromatic amines is 1. The number of ether oxygens (including phenoxy) is 1. The van der Waals surface area contributed by atoms with Gasteiger partial charge in [0.15, 0.2) is 5.96 Å². The van der Waals surface area contributed by atoms with Crippen LogP contribution in [0.1, 0.15) is 127 Å². The third-order valence-electron chi connectivity index (χ3n) is 18.0. The summed E-state index contributed by atoms with van der Waals surface area (Å²) in [7, 11) is 1.02. The van der Waals surface area contributed by atoms with E-state index in [-0.39, 0.29) is 106 Å². The SMILES string of the molecule is CC[C@H](C)[C@@H]1NC(=O)[C@H](CC(=O)OOC)NC(=O)[C@H](CCSC)NC(=O)[C@@H]2CCCN2C(=O)[C@@H]2CSCc3cc(cc(c3)OCCCCCCO/N=C/C(=O)N[C@@H](CCCNC(=N)N)C(=O)N2)CSC[C@@H](C(N)=O)NC(=O)[C@H](CCC(=O)O)NC(=O)[C@H](CCC(N)=O)NC(=O)[C@H](Cc2c[nH]c3ccccc23)NC1=O. The molecule has 1 saturated heterocycles. The molecule has 4 bridgehead atoms. The number of para-hydroxylation sites is 1. The summed E-state index contributed by atoms with van der Waals surface area (Å²) in [4.78, 5) is 217. The van der Waals surface area contributed by atoms with Gasteiger partial charge in [-0.1, -0.05) is 49.7 Å². The molecule has 12 amide bonds. The lowest BCUT2D eigenvalue weighted by atomic mass is 9.96. The van der Waals surface area contributed by atoms with Gasteiger partial charge in [-0.2, -0.15) is 40.2 Å². The van der Waals surface area contributed by atoms with Gasteiger partial charge in [0, 0.05) is 72.5 Å². The maximum atomic E-state index is 15.3. The first-order valence-corrected chi connectivity index (χ1v) is 39.6. The Bertz CT molecular complexity index is 3720. The number of hydrogen-bond acceptors (Lipinski definition) is 23. The van der Waals surface area contributed by atoms with E-state index < -0.39 is 181 Å². The minimum absolute atomic E-state index is 0.00620. The van der Waals surface area contributed by atoms with Gasteiger partial charge in [0.2, 0.25) is 65.0 Å². The predicted octanol–water partition coefficient (Wildman–Crippen LogP) is -0.627. The third-order valence-corrected chi connectivity index (χ3v) is 20.9. The van der Waals surface area contributed by atoms with Crippen molar-refractivity contribution in [2.45, 2.75) is 189 Å². The molecule has 36 nitrogen and oxygen atoms in total. The number of aromatic nitrogens is 1.